The van der Waals surface area contributed by atoms with Crippen molar-refractivity contribution in [2.24, 2.45) is 0 Å². The van der Waals surface area contributed by atoms with Crippen LogP contribution in [0.25, 0.3) is 22.3 Å². The molecule has 6 nitrogen and oxygen atoms in total. The number of phenolic OH excluding ortho intramolecular Hbond substituents is 1. The van der Waals surface area contributed by atoms with Crippen LogP contribution in [0.1, 0.15) is 39.9 Å². The largest absolute Gasteiger partial charge is 0.508 e. The molecule has 2 atom stereocenters. The number of pyridine rings is 1. The number of aromatic hydroxyl groups is 1. The Hall–Kier alpha value is -3.67. The van der Waals surface area contributed by atoms with Crippen LogP contribution in [0.15, 0.2) is 60.7 Å². The van der Waals surface area contributed by atoms with Crippen LogP contribution in [0.2, 0.25) is 0 Å². The Morgan fingerprint density at radius 1 is 1.04 bits per heavy atom. The molecule has 2 aromatic heterocycles. The molecule has 4 aromatic rings. The van der Waals surface area contributed by atoms with Crippen molar-refractivity contribution in [3.63, 3.8) is 0 Å². The molecule has 138 valence electrons. The fraction of sp³-hybridized carbons (Fsp3) is 0.136. The number of hydrogen-bond donors (Lipinski definition) is 3. The minimum Gasteiger partial charge on any atom is -0.508 e. The van der Waals surface area contributed by atoms with Crippen LogP contribution < -0.4 is 0 Å². The molecule has 5 rings (SSSR count). The average Bonchev–Trinajstić information content (AvgIpc) is 3.40. The van der Waals surface area contributed by atoms with Crippen molar-refractivity contribution in [2.45, 2.75) is 18.3 Å². The van der Waals surface area contributed by atoms with E-state index in [9.17, 15) is 15.0 Å². The number of fused-ring (bicyclic) bond motifs is 1. The Bertz CT molecular complexity index is 1180. The molecule has 1 fully saturated rings. The van der Waals surface area contributed by atoms with Gasteiger partial charge < -0.3 is 10.2 Å². The third kappa shape index (κ3) is 2.70. The number of carboxylic acids is 1. The summed E-state index contributed by atoms with van der Waals surface area (Å²) in [5, 5.41) is 27.2. The monoisotopic (exact) mass is 371 g/mol. The SMILES string of the molecule is O=C(O)c1cc(-c2ccc(O)cc2)nc2n[nH]c(C3C[C@@H]3c3ccccc3)c12. The molecular weight excluding hydrogens is 354 g/mol. The second-order valence-corrected chi connectivity index (χ2v) is 7.10. The van der Waals surface area contributed by atoms with Crippen LogP contribution in [-0.4, -0.2) is 31.4 Å². The van der Waals surface area contributed by atoms with Gasteiger partial charge in [0.15, 0.2) is 5.65 Å². The summed E-state index contributed by atoms with van der Waals surface area (Å²) in [6.45, 7) is 0. The van der Waals surface area contributed by atoms with Gasteiger partial charge in [-0.25, -0.2) is 9.78 Å². The maximum Gasteiger partial charge on any atom is 0.336 e. The first-order valence-corrected chi connectivity index (χ1v) is 9.08. The lowest BCUT2D eigenvalue weighted by atomic mass is 10.0. The van der Waals surface area contributed by atoms with Crippen LogP contribution in [-0.2, 0) is 0 Å². The topological polar surface area (TPSA) is 99.1 Å². The summed E-state index contributed by atoms with van der Waals surface area (Å²) in [4.78, 5) is 16.5. The molecule has 1 saturated carbocycles. The van der Waals surface area contributed by atoms with Crippen molar-refractivity contribution >= 4 is 17.0 Å². The van der Waals surface area contributed by atoms with Gasteiger partial charge in [0.25, 0.3) is 0 Å². The number of phenols is 1. The predicted molar refractivity (Wildman–Crippen MR) is 104 cm³/mol. The van der Waals surface area contributed by atoms with Crippen molar-refractivity contribution in [3.05, 3.63) is 77.5 Å². The van der Waals surface area contributed by atoms with Gasteiger partial charge in [-0.2, -0.15) is 5.10 Å². The lowest BCUT2D eigenvalue weighted by Crippen LogP contribution is -2.01. The minimum absolute atomic E-state index is 0.144. The third-order valence-electron chi connectivity index (χ3n) is 5.33. The lowest BCUT2D eigenvalue weighted by molar-refractivity contribution is 0.0699. The Kier molecular flexibility index (Phi) is 3.65. The molecule has 1 aliphatic rings. The molecule has 0 radical (unpaired) electrons. The van der Waals surface area contributed by atoms with E-state index in [1.54, 1.807) is 30.3 Å². The van der Waals surface area contributed by atoms with Crippen molar-refractivity contribution in [3.8, 4) is 17.0 Å². The molecule has 2 heterocycles. The first kappa shape index (κ1) is 16.5. The number of nitrogens with zero attached hydrogens (tertiary/aromatic N) is 2. The zero-order chi connectivity index (χ0) is 19.3. The van der Waals surface area contributed by atoms with Gasteiger partial charge in [-0.1, -0.05) is 30.3 Å². The number of aromatic amines is 1. The summed E-state index contributed by atoms with van der Waals surface area (Å²) >= 11 is 0. The van der Waals surface area contributed by atoms with Crippen molar-refractivity contribution < 1.29 is 15.0 Å². The van der Waals surface area contributed by atoms with Gasteiger partial charge >= 0.3 is 5.97 Å². The van der Waals surface area contributed by atoms with Crippen LogP contribution >= 0.6 is 0 Å². The molecule has 1 unspecified atom stereocenters. The molecule has 0 spiro atoms. The van der Waals surface area contributed by atoms with E-state index in [0.717, 1.165) is 17.7 Å². The highest BCUT2D eigenvalue weighted by Crippen LogP contribution is 2.55. The number of aromatic nitrogens is 3. The average molecular weight is 371 g/mol. The highest BCUT2D eigenvalue weighted by Gasteiger charge is 2.42. The zero-order valence-corrected chi connectivity index (χ0v) is 14.8. The summed E-state index contributed by atoms with van der Waals surface area (Å²) in [6.07, 6.45) is 0.958. The molecule has 3 N–H and O–H groups in total. The van der Waals surface area contributed by atoms with Gasteiger partial charge in [0.05, 0.1) is 16.6 Å². The number of carbonyl (C=O) groups is 1. The molecule has 0 bridgehead atoms. The first-order chi connectivity index (χ1) is 13.6. The minimum atomic E-state index is -1.01. The predicted octanol–water partition coefficient (Wildman–Crippen LogP) is 4.30. The van der Waals surface area contributed by atoms with Gasteiger partial charge in [-0.05, 0) is 48.2 Å². The Morgan fingerprint density at radius 2 is 1.79 bits per heavy atom. The van der Waals surface area contributed by atoms with E-state index < -0.39 is 5.97 Å². The van der Waals surface area contributed by atoms with Gasteiger partial charge in [0, 0.05) is 17.2 Å². The second kappa shape index (κ2) is 6.20. The van der Waals surface area contributed by atoms with E-state index in [1.807, 2.05) is 18.2 Å². The highest BCUT2D eigenvalue weighted by molar-refractivity contribution is 6.04. The van der Waals surface area contributed by atoms with Crippen LogP contribution in [0.5, 0.6) is 5.75 Å². The molecular formula is C22H17N3O3. The maximum atomic E-state index is 12.0. The van der Waals surface area contributed by atoms with Crippen LogP contribution in [0.4, 0.5) is 0 Å². The van der Waals surface area contributed by atoms with Gasteiger partial charge in [-0.3, -0.25) is 5.10 Å². The lowest BCUT2D eigenvalue weighted by Gasteiger charge is -2.06. The van der Waals surface area contributed by atoms with E-state index in [0.29, 0.717) is 22.6 Å². The maximum absolute atomic E-state index is 12.0. The quantitative estimate of drug-likeness (QED) is 0.497. The number of rotatable bonds is 4. The number of hydrogen-bond acceptors (Lipinski definition) is 4. The summed E-state index contributed by atoms with van der Waals surface area (Å²) in [6, 6.07) is 18.3. The number of benzene rings is 2. The van der Waals surface area contributed by atoms with Gasteiger partial charge in [0.1, 0.15) is 5.75 Å². The normalized spacial score (nSPS) is 18.3. The first-order valence-electron chi connectivity index (χ1n) is 9.08. The molecule has 0 saturated heterocycles. The van der Waals surface area contributed by atoms with E-state index in [-0.39, 0.29) is 17.2 Å². The number of H-pyrrole nitrogens is 1. The van der Waals surface area contributed by atoms with E-state index in [1.165, 1.54) is 5.56 Å². The summed E-state index contributed by atoms with van der Waals surface area (Å²) in [7, 11) is 0. The standard InChI is InChI=1S/C22H17N3O3/c26-14-8-6-13(7-9-14)18-11-17(22(27)28)19-20(24-25-21(19)23-18)16-10-15(16)12-4-2-1-3-5-12/h1-9,11,15-16,26H,10H2,(H,27,28)(H,23,24,25)/t15-,16?/m1/s1. The highest BCUT2D eigenvalue weighted by atomic mass is 16.4. The van der Waals surface area contributed by atoms with E-state index >= 15 is 0 Å². The van der Waals surface area contributed by atoms with Crippen molar-refractivity contribution in [1.29, 1.82) is 0 Å². The Balaban J connectivity index is 1.60. The molecule has 6 heteroatoms. The fourth-order valence-corrected chi connectivity index (χ4v) is 3.85. The van der Waals surface area contributed by atoms with Gasteiger partial charge in [0.2, 0.25) is 0 Å². The number of aromatic carboxylic acids is 1. The molecule has 0 amide bonds. The molecule has 1 aliphatic carbocycles. The fourth-order valence-electron chi connectivity index (χ4n) is 3.85. The summed E-state index contributed by atoms with van der Waals surface area (Å²) < 4.78 is 0. The van der Waals surface area contributed by atoms with Crippen LogP contribution in [0.3, 0.4) is 0 Å². The van der Waals surface area contributed by atoms with Crippen molar-refractivity contribution in [1.82, 2.24) is 15.2 Å². The third-order valence-corrected chi connectivity index (χ3v) is 5.33. The molecule has 2 aromatic carbocycles. The van der Waals surface area contributed by atoms with E-state index in [2.05, 4.69) is 27.3 Å². The Labute approximate surface area is 160 Å². The zero-order valence-electron chi connectivity index (χ0n) is 14.8. The number of nitrogens with one attached hydrogen (secondary N) is 1. The van der Waals surface area contributed by atoms with Crippen LogP contribution in [0, 0.1) is 0 Å². The molecule has 28 heavy (non-hydrogen) atoms. The number of carboxylic acid groups (broad SMARTS) is 1. The summed E-state index contributed by atoms with van der Waals surface area (Å²) in [5.41, 5.74) is 3.91. The summed E-state index contributed by atoms with van der Waals surface area (Å²) in [5.74, 6) is -0.284. The Morgan fingerprint density at radius 3 is 2.50 bits per heavy atom. The smallest absolute Gasteiger partial charge is 0.336 e. The molecule has 0 aliphatic heterocycles. The van der Waals surface area contributed by atoms with E-state index in [4.69, 9.17) is 0 Å². The van der Waals surface area contributed by atoms with Crippen molar-refractivity contribution in [2.75, 3.05) is 0 Å². The van der Waals surface area contributed by atoms with Gasteiger partial charge in [-0.15, -0.1) is 0 Å². The second-order valence-electron chi connectivity index (χ2n) is 7.10.